The largest absolute Gasteiger partial charge is 0.368 e. The number of carbonyl (C=O) groups is 2. The first-order chi connectivity index (χ1) is 14.3. The zero-order valence-corrected chi connectivity index (χ0v) is 18.5. The molecule has 0 spiro atoms. The molecule has 1 saturated heterocycles. The number of hydrogen-bond donors (Lipinski definition) is 1. The maximum Gasteiger partial charge on any atom is 0.255 e. The lowest BCUT2D eigenvalue weighted by molar-refractivity contribution is -0.132. The molecule has 0 unspecified atom stereocenters. The van der Waals surface area contributed by atoms with E-state index in [9.17, 15) is 9.59 Å². The van der Waals surface area contributed by atoms with E-state index >= 15 is 0 Å². The summed E-state index contributed by atoms with van der Waals surface area (Å²) in [5, 5.41) is 2.97. The maximum absolute atomic E-state index is 12.5. The average Bonchev–Trinajstić information content (AvgIpc) is 2.74. The van der Waals surface area contributed by atoms with Crippen LogP contribution in [0.1, 0.15) is 56.0 Å². The maximum atomic E-state index is 12.5. The number of nitrogens with zero attached hydrogens (tertiary/aromatic N) is 2. The van der Waals surface area contributed by atoms with Gasteiger partial charge in [-0.2, -0.15) is 0 Å². The molecule has 0 aliphatic carbocycles. The quantitative estimate of drug-likeness (QED) is 0.751. The van der Waals surface area contributed by atoms with Crippen LogP contribution in [0.2, 0.25) is 0 Å². The first-order valence-electron chi connectivity index (χ1n) is 10.9. The van der Waals surface area contributed by atoms with Gasteiger partial charge in [-0.25, -0.2) is 0 Å². The minimum Gasteiger partial charge on any atom is -0.368 e. The highest BCUT2D eigenvalue weighted by molar-refractivity contribution is 6.04. The standard InChI is InChI=1S/C25H33N3O2/c1-18(2)17-24(29)28-15-13-27(14-16-28)23-11-9-22(10-12-23)26-25(30)21-7-5-20(6-8-21)19(3)4/h5-12,18-19H,13-17H2,1-4H3,(H,26,30). The second kappa shape index (κ2) is 9.79. The van der Waals surface area contributed by atoms with Gasteiger partial charge in [0.25, 0.3) is 5.91 Å². The summed E-state index contributed by atoms with van der Waals surface area (Å²) >= 11 is 0. The Labute approximate surface area is 180 Å². The molecule has 1 N–H and O–H groups in total. The predicted octanol–water partition coefficient (Wildman–Crippen LogP) is 4.76. The van der Waals surface area contributed by atoms with E-state index in [4.69, 9.17) is 0 Å². The lowest BCUT2D eigenvalue weighted by Gasteiger charge is -2.36. The molecule has 1 aliphatic rings. The van der Waals surface area contributed by atoms with Crippen molar-refractivity contribution in [3.05, 3.63) is 59.7 Å². The first kappa shape index (κ1) is 21.9. The van der Waals surface area contributed by atoms with Crippen molar-refractivity contribution >= 4 is 23.2 Å². The van der Waals surface area contributed by atoms with Crippen LogP contribution in [0.25, 0.3) is 0 Å². The SMILES string of the molecule is CC(C)CC(=O)N1CCN(c2ccc(NC(=O)c3ccc(C(C)C)cc3)cc2)CC1. The molecule has 0 radical (unpaired) electrons. The number of carbonyl (C=O) groups excluding carboxylic acids is 2. The number of rotatable bonds is 6. The van der Waals surface area contributed by atoms with E-state index < -0.39 is 0 Å². The third-order valence-corrected chi connectivity index (χ3v) is 5.55. The molecular formula is C25H33N3O2. The van der Waals surface area contributed by atoms with E-state index in [1.807, 2.05) is 53.4 Å². The molecule has 2 aromatic carbocycles. The Balaban J connectivity index is 1.54. The van der Waals surface area contributed by atoms with E-state index in [0.29, 0.717) is 23.8 Å². The first-order valence-corrected chi connectivity index (χ1v) is 10.9. The summed E-state index contributed by atoms with van der Waals surface area (Å²) < 4.78 is 0. The van der Waals surface area contributed by atoms with Gasteiger partial charge in [0, 0.05) is 49.5 Å². The number of amides is 2. The van der Waals surface area contributed by atoms with Gasteiger partial charge in [-0.15, -0.1) is 0 Å². The van der Waals surface area contributed by atoms with Crippen LogP contribution >= 0.6 is 0 Å². The fourth-order valence-corrected chi connectivity index (χ4v) is 3.67. The minimum atomic E-state index is -0.102. The Bertz CT molecular complexity index is 849. The Hall–Kier alpha value is -2.82. The van der Waals surface area contributed by atoms with Crippen LogP contribution in [0.3, 0.4) is 0 Å². The van der Waals surface area contributed by atoms with Gasteiger partial charge in [-0.3, -0.25) is 9.59 Å². The highest BCUT2D eigenvalue weighted by Gasteiger charge is 2.21. The van der Waals surface area contributed by atoms with Gasteiger partial charge in [0.15, 0.2) is 0 Å². The smallest absolute Gasteiger partial charge is 0.255 e. The molecule has 1 aliphatic heterocycles. The summed E-state index contributed by atoms with van der Waals surface area (Å²) in [6.45, 7) is 11.6. The number of anilines is 2. The molecular weight excluding hydrogens is 374 g/mol. The average molecular weight is 408 g/mol. The highest BCUT2D eigenvalue weighted by atomic mass is 16.2. The van der Waals surface area contributed by atoms with Crippen molar-refractivity contribution in [3.8, 4) is 0 Å². The van der Waals surface area contributed by atoms with Crippen molar-refractivity contribution < 1.29 is 9.59 Å². The summed E-state index contributed by atoms with van der Waals surface area (Å²) in [4.78, 5) is 29.0. The van der Waals surface area contributed by atoms with Gasteiger partial charge in [0.2, 0.25) is 5.91 Å². The Morgan fingerprint density at radius 3 is 2.00 bits per heavy atom. The fourth-order valence-electron chi connectivity index (χ4n) is 3.67. The third kappa shape index (κ3) is 5.62. The minimum absolute atomic E-state index is 0.102. The van der Waals surface area contributed by atoms with Crippen LogP contribution in [0.5, 0.6) is 0 Å². The summed E-state index contributed by atoms with van der Waals surface area (Å²) in [5.74, 6) is 0.996. The predicted molar refractivity (Wildman–Crippen MR) is 123 cm³/mol. The van der Waals surface area contributed by atoms with Crippen molar-refractivity contribution in [2.45, 2.75) is 40.0 Å². The zero-order valence-electron chi connectivity index (χ0n) is 18.5. The monoisotopic (exact) mass is 407 g/mol. The van der Waals surface area contributed by atoms with E-state index in [0.717, 1.165) is 37.6 Å². The molecule has 0 atom stereocenters. The van der Waals surface area contributed by atoms with Crippen LogP contribution < -0.4 is 10.2 Å². The van der Waals surface area contributed by atoms with Crippen molar-refractivity contribution in [3.63, 3.8) is 0 Å². The fraction of sp³-hybridized carbons (Fsp3) is 0.440. The van der Waals surface area contributed by atoms with Crippen molar-refractivity contribution in [1.29, 1.82) is 0 Å². The highest BCUT2D eigenvalue weighted by Crippen LogP contribution is 2.21. The molecule has 1 fully saturated rings. The van der Waals surface area contributed by atoms with Crippen LogP contribution in [0.4, 0.5) is 11.4 Å². The topological polar surface area (TPSA) is 52.7 Å². The molecule has 160 valence electrons. The summed E-state index contributed by atoms with van der Waals surface area (Å²) in [6, 6.07) is 15.7. The van der Waals surface area contributed by atoms with Gasteiger partial charge < -0.3 is 15.1 Å². The Morgan fingerprint density at radius 1 is 0.867 bits per heavy atom. The van der Waals surface area contributed by atoms with Crippen molar-refractivity contribution in [2.24, 2.45) is 5.92 Å². The van der Waals surface area contributed by atoms with E-state index in [1.54, 1.807) is 0 Å². The number of hydrogen-bond acceptors (Lipinski definition) is 3. The van der Waals surface area contributed by atoms with Crippen LogP contribution in [-0.4, -0.2) is 42.9 Å². The number of benzene rings is 2. The Morgan fingerprint density at radius 2 is 1.47 bits per heavy atom. The molecule has 2 aromatic rings. The van der Waals surface area contributed by atoms with Crippen molar-refractivity contribution in [1.82, 2.24) is 4.90 Å². The summed E-state index contributed by atoms with van der Waals surface area (Å²) in [7, 11) is 0. The zero-order chi connectivity index (χ0) is 21.7. The molecule has 0 bridgehead atoms. The molecule has 0 aromatic heterocycles. The van der Waals surface area contributed by atoms with Crippen molar-refractivity contribution in [2.75, 3.05) is 36.4 Å². The lowest BCUT2D eigenvalue weighted by atomic mass is 10.0. The molecule has 5 nitrogen and oxygen atoms in total. The Kier molecular flexibility index (Phi) is 7.14. The molecule has 0 saturated carbocycles. The van der Waals surface area contributed by atoms with Gasteiger partial charge in [0.05, 0.1) is 0 Å². The summed E-state index contributed by atoms with van der Waals surface area (Å²) in [6.07, 6.45) is 0.620. The summed E-state index contributed by atoms with van der Waals surface area (Å²) in [5.41, 5.74) is 3.78. The van der Waals surface area contributed by atoms with Gasteiger partial charge in [0.1, 0.15) is 0 Å². The van der Waals surface area contributed by atoms with E-state index in [1.165, 1.54) is 5.56 Å². The molecule has 5 heteroatoms. The number of nitrogens with one attached hydrogen (secondary N) is 1. The second-order valence-electron chi connectivity index (χ2n) is 8.74. The van der Waals surface area contributed by atoms with Crippen LogP contribution in [-0.2, 0) is 4.79 Å². The lowest BCUT2D eigenvalue weighted by Crippen LogP contribution is -2.49. The normalized spacial score (nSPS) is 14.3. The molecule has 30 heavy (non-hydrogen) atoms. The van der Waals surface area contributed by atoms with E-state index in [-0.39, 0.29) is 11.8 Å². The second-order valence-corrected chi connectivity index (χ2v) is 8.74. The van der Waals surface area contributed by atoms with Gasteiger partial charge >= 0.3 is 0 Å². The number of piperazine rings is 1. The molecule has 2 amide bonds. The molecule has 1 heterocycles. The van der Waals surface area contributed by atoms with Gasteiger partial charge in [-0.1, -0.05) is 39.8 Å². The molecule has 3 rings (SSSR count). The van der Waals surface area contributed by atoms with Crippen LogP contribution in [0.15, 0.2) is 48.5 Å². The van der Waals surface area contributed by atoms with E-state index in [2.05, 4.69) is 37.9 Å². The third-order valence-electron chi connectivity index (χ3n) is 5.55. The van der Waals surface area contributed by atoms with Crippen LogP contribution in [0, 0.1) is 5.92 Å². The van der Waals surface area contributed by atoms with Gasteiger partial charge in [-0.05, 0) is 53.8 Å².